The van der Waals surface area contributed by atoms with Gasteiger partial charge in [-0.25, -0.2) is 0 Å². The zero-order chi connectivity index (χ0) is 3.58. The molecule has 0 aliphatic carbocycles. The maximum absolute atomic E-state index is 8.42. The summed E-state index contributed by atoms with van der Waals surface area (Å²) in [5, 5.41) is 25.2. The molecule has 0 aliphatic rings. The van der Waals surface area contributed by atoms with Crippen LogP contribution in [0.3, 0.4) is 0 Å². The molecule has 0 aromatic rings. The first-order valence-corrected chi connectivity index (χ1v) is 0.707. The smallest absolute Gasteiger partial charge is 0.907 e. The summed E-state index contributed by atoms with van der Waals surface area (Å²) in [6.07, 6.45) is 0. The van der Waals surface area contributed by atoms with Crippen LogP contribution >= 0.6 is 0 Å². The molecule has 0 spiro atoms. The van der Waals surface area contributed by atoms with E-state index < -0.39 is 7.32 Å². The van der Waals surface area contributed by atoms with E-state index in [4.69, 9.17) is 15.1 Å². The molecule has 0 aromatic carbocycles. The molecular weight excluding hydrogens is 280 g/mol. The zero-order valence-electron chi connectivity index (χ0n) is 3.66. The van der Waals surface area contributed by atoms with Gasteiger partial charge in [-0.15, -0.1) is 0 Å². The molecule has 0 amide bonds. The molecule has 0 bridgehead atoms. The number of rotatable bonds is 0. The van der Waals surface area contributed by atoms with Gasteiger partial charge in [0.05, 0.1) is 0 Å². The Labute approximate surface area is 123 Å². The largest absolute Gasteiger partial charge is 3.00 e. The molecule has 0 aromatic heterocycles. The van der Waals surface area contributed by atoms with E-state index in [0.717, 1.165) is 0 Å². The van der Waals surface area contributed by atoms with Gasteiger partial charge in [-0.1, -0.05) is 0 Å². The van der Waals surface area contributed by atoms with Crippen molar-refractivity contribution in [2.45, 2.75) is 0 Å². The Morgan fingerprint density at radius 2 is 1.00 bits per heavy atom. The average Bonchev–Trinajstić information content (AvgIpc) is 0.811. The first kappa shape index (κ1) is 22.4. The Kier molecular flexibility index (Phi) is 51.9. The van der Waals surface area contributed by atoms with Crippen LogP contribution < -0.4 is 15.1 Å². The molecular formula is BO3ScSrY+5. The minimum Gasteiger partial charge on any atom is -0.907 e. The van der Waals surface area contributed by atoms with Crippen LogP contribution in [0, 0.1) is 0 Å². The van der Waals surface area contributed by atoms with Crippen molar-refractivity contribution < 1.29 is 73.6 Å². The van der Waals surface area contributed by atoms with Gasteiger partial charge >= 0.3 is 104 Å². The van der Waals surface area contributed by atoms with E-state index in [1.165, 1.54) is 0 Å². The van der Waals surface area contributed by atoms with Gasteiger partial charge in [0.25, 0.3) is 0 Å². The zero-order valence-corrected chi connectivity index (χ0v) is 11.8. The van der Waals surface area contributed by atoms with Crippen LogP contribution in [-0.4, -0.2) is 52.8 Å². The molecule has 0 unspecified atom stereocenters. The quantitative estimate of drug-likeness (QED) is 0.421. The second-order valence-electron chi connectivity index (χ2n) is 0.289. The van der Waals surface area contributed by atoms with Gasteiger partial charge in [0, 0.05) is 0 Å². The molecule has 24 valence electrons. The Bertz CT molecular complexity index is 19.7. The molecule has 0 heterocycles. The van der Waals surface area contributed by atoms with E-state index in [2.05, 4.69) is 0 Å². The van der Waals surface area contributed by atoms with Crippen molar-refractivity contribution in [3.8, 4) is 0 Å². The van der Waals surface area contributed by atoms with E-state index in [1.54, 1.807) is 0 Å². The van der Waals surface area contributed by atoms with Crippen LogP contribution in [0.2, 0.25) is 0 Å². The third-order valence-electron chi connectivity index (χ3n) is 0. The van der Waals surface area contributed by atoms with Crippen LogP contribution in [0.5, 0.6) is 0 Å². The summed E-state index contributed by atoms with van der Waals surface area (Å²) < 4.78 is 0. The van der Waals surface area contributed by atoms with Crippen LogP contribution in [0.1, 0.15) is 0 Å². The summed E-state index contributed by atoms with van der Waals surface area (Å²) in [7, 11) is -2.92. The van der Waals surface area contributed by atoms with Crippen LogP contribution in [0.25, 0.3) is 0 Å². The predicted molar refractivity (Wildman–Crippen MR) is 11.5 cm³/mol. The van der Waals surface area contributed by atoms with E-state index in [1.807, 2.05) is 0 Å². The molecule has 3 nitrogen and oxygen atoms in total. The van der Waals surface area contributed by atoms with Crippen molar-refractivity contribution in [2.75, 3.05) is 0 Å². The van der Waals surface area contributed by atoms with Crippen LogP contribution in [-0.2, 0) is 58.6 Å². The summed E-state index contributed by atoms with van der Waals surface area (Å²) >= 11 is 0. The molecule has 0 saturated carbocycles. The third kappa shape index (κ3) is 44.5. The van der Waals surface area contributed by atoms with Crippen molar-refractivity contribution in [2.24, 2.45) is 0 Å². The van der Waals surface area contributed by atoms with E-state index in [0.29, 0.717) is 0 Å². The van der Waals surface area contributed by atoms with Gasteiger partial charge in [0.1, 0.15) is 0 Å². The Morgan fingerprint density at radius 3 is 1.00 bits per heavy atom. The van der Waals surface area contributed by atoms with Crippen molar-refractivity contribution >= 4 is 52.8 Å². The summed E-state index contributed by atoms with van der Waals surface area (Å²) in [4.78, 5) is 0. The molecule has 0 fully saturated rings. The van der Waals surface area contributed by atoms with Gasteiger partial charge in [-0.05, 0) is 0 Å². The molecule has 7 heavy (non-hydrogen) atoms. The molecule has 0 aliphatic heterocycles. The number of hydrogen-bond acceptors (Lipinski definition) is 3. The second kappa shape index (κ2) is 16.2. The predicted octanol–water partition coefficient (Wildman–Crippen LogP) is -4.33. The monoisotopic (exact) mass is 281 g/mol. The van der Waals surface area contributed by atoms with Crippen molar-refractivity contribution in [3.63, 3.8) is 0 Å². The van der Waals surface area contributed by atoms with Crippen molar-refractivity contribution in [3.05, 3.63) is 0 Å². The summed E-state index contributed by atoms with van der Waals surface area (Å²) in [5.41, 5.74) is 0. The molecule has 0 radical (unpaired) electrons. The molecule has 7 heteroatoms. The van der Waals surface area contributed by atoms with Crippen molar-refractivity contribution in [1.82, 2.24) is 0 Å². The summed E-state index contributed by atoms with van der Waals surface area (Å²) in [6.45, 7) is 0. The third-order valence-corrected chi connectivity index (χ3v) is 0. The normalized spacial score (nSPS) is 3.86. The van der Waals surface area contributed by atoms with E-state index in [-0.39, 0.29) is 104 Å². The van der Waals surface area contributed by atoms with Crippen LogP contribution in [0.15, 0.2) is 0 Å². The van der Waals surface area contributed by atoms with Gasteiger partial charge in [-0.2, -0.15) is 0 Å². The topological polar surface area (TPSA) is 69.2 Å². The fourth-order valence-electron chi connectivity index (χ4n) is 0. The Hall–Kier alpha value is 3.40. The van der Waals surface area contributed by atoms with Crippen molar-refractivity contribution in [1.29, 1.82) is 0 Å². The molecule has 0 rings (SSSR count). The SMILES string of the molecule is [O-]B([O-])[O-].[Sc+3].[Sr+2].[Y+3]. The van der Waals surface area contributed by atoms with Gasteiger partial charge < -0.3 is 15.1 Å². The van der Waals surface area contributed by atoms with E-state index >= 15 is 0 Å². The number of hydrogen-bond donors (Lipinski definition) is 0. The minimum absolute atomic E-state index is 0. The standard InChI is InChI=1S/BO3.Sc.Sr.Y/c2-1(3)4;;;/q-3;+3;+2;+3. The Morgan fingerprint density at radius 1 is 1.00 bits per heavy atom. The molecule has 0 atom stereocenters. The summed E-state index contributed by atoms with van der Waals surface area (Å²) in [5.74, 6) is 0. The van der Waals surface area contributed by atoms with Crippen LogP contribution in [0.4, 0.5) is 0 Å². The fraction of sp³-hybridized carbons (Fsp3) is 0. The Balaban J connectivity index is -0.0000000150. The van der Waals surface area contributed by atoms with Gasteiger partial charge in [0.2, 0.25) is 0 Å². The average molecular weight is 280 g/mol. The molecule has 0 N–H and O–H groups in total. The second-order valence-corrected chi connectivity index (χ2v) is 0.289. The minimum atomic E-state index is -2.92. The molecule has 0 saturated heterocycles. The first-order chi connectivity index (χ1) is 1.73. The fourth-order valence-corrected chi connectivity index (χ4v) is 0. The first-order valence-electron chi connectivity index (χ1n) is 0.707. The van der Waals surface area contributed by atoms with Gasteiger partial charge in [0.15, 0.2) is 0 Å². The van der Waals surface area contributed by atoms with E-state index in [9.17, 15) is 0 Å². The van der Waals surface area contributed by atoms with Gasteiger partial charge in [-0.3, -0.25) is 7.32 Å². The maximum atomic E-state index is 8.42. The summed E-state index contributed by atoms with van der Waals surface area (Å²) in [6, 6.07) is 0. The maximum Gasteiger partial charge on any atom is 3.00 e.